The van der Waals surface area contributed by atoms with E-state index in [0.29, 0.717) is 5.92 Å². The number of hydrogen-bond acceptors (Lipinski definition) is 3. The van der Waals surface area contributed by atoms with Crippen molar-refractivity contribution in [3.05, 3.63) is 29.6 Å². The molecule has 0 atom stereocenters. The molecule has 1 aromatic rings. The highest BCUT2D eigenvalue weighted by atomic mass is 15.2. The molecule has 1 aliphatic rings. The van der Waals surface area contributed by atoms with Crippen LogP contribution in [-0.4, -0.2) is 29.5 Å². The molecule has 1 aromatic heterocycles. The molecule has 2 N–H and O–H groups in total. The summed E-state index contributed by atoms with van der Waals surface area (Å²) in [4.78, 5) is 6.59. The molecule has 76 valence electrons. The van der Waals surface area contributed by atoms with E-state index in [1.165, 1.54) is 11.1 Å². The predicted octanol–water partition coefficient (Wildman–Crippen LogP) is 0.781. The number of aromatic nitrogens is 1. The van der Waals surface area contributed by atoms with Crippen molar-refractivity contribution >= 4 is 0 Å². The first kappa shape index (κ1) is 9.62. The van der Waals surface area contributed by atoms with Gasteiger partial charge < -0.3 is 5.73 Å². The summed E-state index contributed by atoms with van der Waals surface area (Å²) in [5.41, 5.74) is 8.12. The predicted molar refractivity (Wildman–Crippen MR) is 56.8 cm³/mol. The molecule has 3 heteroatoms. The average molecular weight is 191 g/mol. The highest BCUT2D eigenvalue weighted by Crippen LogP contribution is 2.17. The number of rotatable bonds is 3. The van der Waals surface area contributed by atoms with Gasteiger partial charge in [0.2, 0.25) is 0 Å². The van der Waals surface area contributed by atoms with E-state index in [0.717, 1.165) is 26.2 Å². The highest BCUT2D eigenvalue weighted by molar-refractivity contribution is 5.16. The first-order chi connectivity index (χ1) is 6.78. The molecule has 0 radical (unpaired) electrons. The second kappa shape index (κ2) is 4.07. The summed E-state index contributed by atoms with van der Waals surface area (Å²) in [5.74, 6) is 0.716. The summed E-state index contributed by atoms with van der Waals surface area (Å²) in [6, 6.07) is 2.20. The average Bonchev–Trinajstić information content (AvgIpc) is 2.10. The van der Waals surface area contributed by atoms with E-state index in [4.69, 9.17) is 5.73 Å². The Bertz CT molecular complexity index is 305. The van der Waals surface area contributed by atoms with Gasteiger partial charge in [-0.15, -0.1) is 0 Å². The standard InChI is InChI=1S/C11H17N3/c1-9-2-10(5-13-4-9)6-14-7-11(3-12)8-14/h2,4-5,11H,3,6-8,12H2,1H3. The molecule has 14 heavy (non-hydrogen) atoms. The van der Waals surface area contributed by atoms with Gasteiger partial charge in [-0.3, -0.25) is 9.88 Å². The van der Waals surface area contributed by atoms with Crippen LogP contribution in [0.2, 0.25) is 0 Å². The summed E-state index contributed by atoms with van der Waals surface area (Å²) < 4.78 is 0. The number of nitrogens with two attached hydrogens (primary N) is 1. The zero-order valence-electron chi connectivity index (χ0n) is 8.61. The molecule has 0 aliphatic carbocycles. The van der Waals surface area contributed by atoms with Crippen molar-refractivity contribution in [2.45, 2.75) is 13.5 Å². The van der Waals surface area contributed by atoms with Crippen LogP contribution in [0.25, 0.3) is 0 Å². The normalized spacial score (nSPS) is 18.1. The molecular weight excluding hydrogens is 174 g/mol. The van der Waals surface area contributed by atoms with E-state index in [-0.39, 0.29) is 0 Å². The van der Waals surface area contributed by atoms with Gasteiger partial charge in [0, 0.05) is 32.0 Å². The van der Waals surface area contributed by atoms with E-state index < -0.39 is 0 Å². The van der Waals surface area contributed by atoms with Gasteiger partial charge in [0.25, 0.3) is 0 Å². The van der Waals surface area contributed by atoms with Gasteiger partial charge in [-0.1, -0.05) is 6.07 Å². The Morgan fingerprint density at radius 3 is 2.93 bits per heavy atom. The number of hydrogen-bond donors (Lipinski definition) is 1. The van der Waals surface area contributed by atoms with Crippen LogP contribution < -0.4 is 5.73 Å². The lowest BCUT2D eigenvalue weighted by Gasteiger charge is -2.38. The van der Waals surface area contributed by atoms with Crippen LogP contribution in [0, 0.1) is 12.8 Å². The van der Waals surface area contributed by atoms with Crippen molar-refractivity contribution in [3.63, 3.8) is 0 Å². The monoisotopic (exact) mass is 191 g/mol. The summed E-state index contributed by atoms with van der Waals surface area (Å²) in [5, 5.41) is 0. The molecule has 0 bridgehead atoms. The van der Waals surface area contributed by atoms with Crippen LogP contribution in [0.1, 0.15) is 11.1 Å². The minimum atomic E-state index is 0.716. The summed E-state index contributed by atoms with van der Waals surface area (Å²) in [6.45, 7) is 6.21. The van der Waals surface area contributed by atoms with Crippen LogP contribution >= 0.6 is 0 Å². The molecule has 1 fully saturated rings. The second-order valence-corrected chi connectivity index (χ2v) is 4.17. The molecule has 1 aliphatic heterocycles. The number of nitrogens with zero attached hydrogens (tertiary/aromatic N) is 2. The molecule has 2 rings (SSSR count). The number of pyridine rings is 1. The fourth-order valence-electron chi connectivity index (χ4n) is 1.92. The molecule has 3 nitrogen and oxygen atoms in total. The molecule has 0 saturated carbocycles. The smallest absolute Gasteiger partial charge is 0.0313 e. The van der Waals surface area contributed by atoms with Gasteiger partial charge in [-0.25, -0.2) is 0 Å². The quantitative estimate of drug-likeness (QED) is 0.767. The van der Waals surface area contributed by atoms with Gasteiger partial charge in [0.1, 0.15) is 0 Å². The molecular formula is C11H17N3. The first-order valence-corrected chi connectivity index (χ1v) is 5.11. The lowest BCUT2D eigenvalue weighted by Crippen LogP contribution is -2.49. The van der Waals surface area contributed by atoms with Crippen LogP contribution in [0.15, 0.2) is 18.5 Å². The zero-order valence-corrected chi connectivity index (χ0v) is 8.61. The van der Waals surface area contributed by atoms with Crippen LogP contribution in [0.4, 0.5) is 0 Å². The maximum absolute atomic E-state index is 5.57. The number of likely N-dealkylation sites (tertiary alicyclic amines) is 1. The van der Waals surface area contributed by atoms with E-state index in [1.54, 1.807) is 0 Å². The summed E-state index contributed by atoms with van der Waals surface area (Å²) in [6.07, 6.45) is 3.84. The van der Waals surface area contributed by atoms with Crippen LogP contribution in [-0.2, 0) is 6.54 Å². The van der Waals surface area contributed by atoms with Gasteiger partial charge in [0.05, 0.1) is 0 Å². The Morgan fingerprint density at radius 2 is 2.29 bits per heavy atom. The molecule has 0 amide bonds. The minimum absolute atomic E-state index is 0.716. The third-order valence-electron chi connectivity index (χ3n) is 2.70. The molecule has 0 spiro atoms. The fourth-order valence-corrected chi connectivity index (χ4v) is 1.92. The van der Waals surface area contributed by atoms with Gasteiger partial charge in [-0.2, -0.15) is 0 Å². The van der Waals surface area contributed by atoms with Crippen molar-refractivity contribution in [1.82, 2.24) is 9.88 Å². The lowest BCUT2D eigenvalue weighted by molar-refractivity contribution is 0.0978. The first-order valence-electron chi connectivity index (χ1n) is 5.11. The molecule has 0 aromatic carbocycles. The summed E-state index contributed by atoms with van der Waals surface area (Å²) >= 11 is 0. The van der Waals surface area contributed by atoms with Gasteiger partial charge >= 0.3 is 0 Å². The Labute approximate surface area is 84.9 Å². The lowest BCUT2D eigenvalue weighted by atomic mass is 10.00. The maximum Gasteiger partial charge on any atom is 0.0313 e. The largest absolute Gasteiger partial charge is 0.330 e. The Kier molecular flexibility index (Phi) is 2.79. The minimum Gasteiger partial charge on any atom is -0.330 e. The zero-order chi connectivity index (χ0) is 9.97. The van der Waals surface area contributed by atoms with Crippen molar-refractivity contribution in [3.8, 4) is 0 Å². The summed E-state index contributed by atoms with van der Waals surface area (Å²) in [7, 11) is 0. The highest BCUT2D eigenvalue weighted by Gasteiger charge is 2.24. The van der Waals surface area contributed by atoms with E-state index in [2.05, 4.69) is 22.9 Å². The molecule has 0 unspecified atom stereocenters. The van der Waals surface area contributed by atoms with Crippen LogP contribution in [0.3, 0.4) is 0 Å². The van der Waals surface area contributed by atoms with Crippen molar-refractivity contribution in [1.29, 1.82) is 0 Å². The molecule has 2 heterocycles. The van der Waals surface area contributed by atoms with Crippen molar-refractivity contribution in [2.24, 2.45) is 11.7 Å². The van der Waals surface area contributed by atoms with Gasteiger partial charge in [0.15, 0.2) is 0 Å². The van der Waals surface area contributed by atoms with E-state index >= 15 is 0 Å². The van der Waals surface area contributed by atoms with E-state index in [9.17, 15) is 0 Å². The van der Waals surface area contributed by atoms with Crippen molar-refractivity contribution < 1.29 is 0 Å². The second-order valence-electron chi connectivity index (χ2n) is 4.17. The SMILES string of the molecule is Cc1cncc(CN2CC(CN)C2)c1. The fraction of sp³-hybridized carbons (Fsp3) is 0.545. The third-order valence-corrected chi connectivity index (χ3v) is 2.70. The Hall–Kier alpha value is -0.930. The Balaban J connectivity index is 1.87. The maximum atomic E-state index is 5.57. The number of aryl methyl sites for hydroxylation is 1. The van der Waals surface area contributed by atoms with E-state index in [1.807, 2.05) is 12.4 Å². The van der Waals surface area contributed by atoms with Crippen molar-refractivity contribution in [2.75, 3.05) is 19.6 Å². The van der Waals surface area contributed by atoms with Crippen LogP contribution in [0.5, 0.6) is 0 Å². The molecule has 1 saturated heterocycles. The topological polar surface area (TPSA) is 42.2 Å². The van der Waals surface area contributed by atoms with Gasteiger partial charge in [-0.05, 0) is 30.5 Å². The Morgan fingerprint density at radius 1 is 1.50 bits per heavy atom. The third kappa shape index (κ3) is 2.11.